The number of aromatic nitrogens is 2. The maximum Gasteiger partial charge on any atom is 0.231 e. The van der Waals surface area contributed by atoms with Crippen LogP contribution in [0, 0.1) is 12.7 Å². The van der Waals surface area contributed by atoms with Crippen molar-refractivity contribution in [3.8, 4) is 0 Å². The summed E-state index contributed by atoms with van der Waals surface area (Å²) in [6, 6.07) is 18.5. The average molecular weight is 322 g/mol. The number of para-hydroxylation sites is 1. The minimum Gasteiger partial charge on any atom is -0.366 e. The van der Waals surface area contributed by atoms with Crippen LogP contribution in [-0.4, -0.2) is 17.0 Å². The van der Waals surface area contributed by atoms with E-state index in [1.54, 1.807) is 12.1 Å². The quantitative estimate of drug-likeness (QED) is 0.760. The molecule has 0 atom stereocenters. The lowest BCUT2D eigenvalue weighted by Crippen LogP contribution is -2.15. The second-order valence-corrected chi connectivity index (χ2v) is 5.53. The highest BCUT2D eigenvalue weighted by Gasteiger charge is 2.09. The van der Waals surface area contributed by atoms with Crippen molar-refractivity contribution in [3.05, 3.63) is 77.7 Å². The summed E-state index contributed by atoms with van der Waals surface area (Å²) in [6.45, 7) is 2.29. The predicted molar refractivity (Wildman–Crippen MR) is 95.0 cm³/mol. The first-order chi connectivity index (χ1) is 11.6. The van der Waals surface area contributed by atoms with Gasteiger partial charge < -0.3 is 10.2 Å². The molecule has 5 heteroatoms. The van der Waals surface area contributed by atoms with Gasteiger partial charge in [-0.05, 0) is 25.1 Å². The van der Waals surface area contributed by atoms with Gasteiger partial charge in [-0.1, -0.05) is 36.4 Å². The Bertz CT molecular complexity index is 821. The summed E-state index contributed by atoms with van der Waals surface area (Å²) >= 11 is 0. The van der Waals surface area contributed by atoms with Gasteiger partial charge in [-0.2, -0.15) is 4.98 Å². The lowest BCUT2D eigenvalue weighted by atomic mass is 10.2. The zero-order valence-electron chi connectivity index (χ0n) is 13.7. The molecule has 1 aromatic heterocycles. The van der Waals surface area contributed by atoms with E-state index in [4.69, 9.17) is 0 Å². The highest BCUT2D eigenvalue weighted by Crippen LogP contribution is 2.21. The fourth-order valence-electron chi connectivity index (χ4n) is 2.39. The summed E-state index contributed by atoms with van der Waals surface area (Å²) in [6.07, 6.45) is 0. The Labute approximate surface area is 141 Å². The van der Waals surface area contributed by atoms with E-state index < -0.39 is 0 Å². The Balaban J connectivity index is 1.80. The molecule has 122 valence electrons. The first-order valence-corrected chi connectivity index (χ1v) is 7.75. The molecule has 0 saturated carbocycles. The number of hydrogen-bond donors (Lipinski definition) is 1. The van der Waals surface area contributed by atoms with E-state index in [1.165, 1.54) is 6.07 Å². The van der Waals surface area contributed by atoms with Crippen LogP contribution in [0.4, 0.5) is 21.8 Å². The first kappa shape index (κ1) is 15.9. The van der Waals surface area contributed by atoms with E-state index in [1.807, 2.05) is 61.3 Å². The van der Waals surface area contributed by atoms with Gasteiger partial charge in [0.2, 0.25) is 5.95 Å². The van der Waals surface area contributed by atoms with E-state index in [-0.39, 0.29) is 5.82 Å². The zero-order valence-corrected chi connectivity index (χ0v) is 13.7. The smallest absolute Gasteiger partial charge is 0.231 e. The fourth-order valence-corrected chi connectivity index (χ4v) is 2.39. The second-order valence-electron chi connectivity index (χ2n) is 5.53. The molecule has 4 nitrogen and oxygen atoms in total. The van der Waals surface area contributed by atoms with Crippen LogP contribution < -0.4 is 10.2 Å². The van der Waals surface area contributed by atoms with Gasteiger partial charge in [-0.15, -0.1) is 0 Å². The van der Waals surface area contributed by atoms with Gasteiger partial charge in [-0.25, -0.2) is 9.37 Å². The monoisotopic (exact) mass is 322 g/mol. The van der Waals surface area contributed by atoms with Gasteiger partial charge in [0.1, 0.15) is 11.6 Å². The van der Waals surface area contributed by atoms with Crippen molar-refractivity contribution in [1.29, 1.82) is 0 Å². The van der Waals surface area contributed by atoms with Gasteiger partial charge in [0.15, 0.2) is 0 Å². The van der Waals surface area contributed by atoms with Crippen molar-refractivity contribution < 1.29 is 4.39 Å². The third-order valence-corrected chi connectivity index (χ3v) is 3.70. The largest absolute Gasteiger partial charge is 0.366 e. The molecule has 0 bridgehead atoms. The number of hydrogen-bond acceptors (Lipinski definition) is 4. The van der Waals surface area contributed by atoms with E-state index >= 15 is 0 Å². The Kier molecular flexibility index (Phi) is 4.70. The standard InChI is InChI=1S/C19H19FN4/c1-14-12-18(21-13-15-8-6-7-11-17(15)20)23-19(22-14)24(2)16-9-4-3-5-10-16/h3-12H,13H2,1-2H3,(H,21,22,23). The highest BCUT2D eigenvalue weighted by atomic mass is 19.1. The molecule has 1 N–H and O–H groups in total. The van der Waals surface area contributed by atoms with Crippen molar-refractivity contribution >= 4 is 17.5 Å². The third-order valence-electron chi connectivity index (χ3n) is 3.70. The van der Waals surface area contributed by atoms with Crippen LogP contribution in [0.25, 0.3) is 0 Å². The predicted octanol–water partition coefficient (Wildman–Crippen LogP) is 4.30. The lowest BCUT2D eigenvalue weighted by Gasteiger charge is -2.18. The van der Waals surface area contributed by atoms with Gasteiger partial charge in [0.05, 0.1) is 0 Å². The minimum atomic E-state index is -0.225. The first-order valence-electron chi connectivity index (χ1n) is 7.75. The van der Waals surface area contributed by atoms with E-state index in [0.29, 0.717) is 23.9 Å². The van der Waals surface area contributed by atoms with Crippen molar-refractivity contribution in [2.45, 2.75) is 13.5 Å². The molecule has 0 fully saturated rings. The maximum absolute atomic E-state index is 13.7. The number of anilines is 3. The number of nitrogens with one attached hydrogen (secondary N) is 1. The molecule has 0 aliphatic heterocycles. The number of nitrogens with zero attached hydrogens (tertiary/aromatic N) is 3. The molecule has 0 aliphatic rings. The molecule has 3 aromatic rings. The second kappa shape index (κ2) is 7.08. The molecule has 1 heterocycles. The molecule has 0 radical (unpaired) electrons. The van der Waals surface area contributed by atoms with E-state index in [9.17, 15) is 4.39 Å². The minimum absolute atomic E-state index is 0.225. The molecule has 24 heavy (non-hydrogen) atoms. The van der Waals surface area contributed by atoms with Crippen molar-refractivity contribution in [2.75, 3.05) is 17.3 Å². The average Bonchev–Trinajstić information content (AvgIpc) is 2.61. The van der Waals surface area contributed by atoms with Crippen LogP contribution >= 0.6 is 0 Å². The van der Waals surface area contributed by atoms with Crippen LogP contribution in [0.5, 0.6) is 0 Å². The fraction of sp³-hybridized carbons (Fsp3) is 0.158. The summed E-state index contributed by atoms with van der Waals surface area (Å²) < 4.78 is 13.7. The number of halogens is 1. The number of rotatable bonds is 5. The van der Waals surface area contributed by atoms with Crippen LogP contribution in [0.1, 0.15) is 11.3 Å². The molecule has 2 aromatic carbocycles. The summed E-state index contributed by atoms with van der Waals surface area (Å²) in [5, 5.41) is 3.17. The molecular weight excluding hydrogens is 303 g/mol. The van der Waals surface area contributed by atoms with Gasteiger partial charge >= 0.3 is 0 Å². The highest BCUT2D eigenvalue weighted by molar-refractivity contribution is 5.57. The van der Waals surface area contributed by atoms with Crippen molar-refractivity contribution in [1.82, 2.24) is 9.97 Å². The van der Waals surface area contributed by atoms with Crippen LogP contribution in [0.3, 0.4) is 0 Å². The summed E-state index contributed by atoms with van der Waals surface area (Å²) in [7, 11) is 1.92. The number of benzene rings is 2. The van der Waals surface area contributed by atoms with Crippen molar-refractivity contribution in [2.24, 2.45) is 0 Å². The SMILES string of the molecule is Cc1cc(NCc2ccccc2F)nc(N(C)c2ccccc2)n1. The number of aryl methyl sites for hydroxylation is 1. The molecule has 0 amide bonds. The van der Waals surface area contributed by atoms with Crippen LogP contribution in [0.15, 0.2) is 60.7 Å². The molecule has 0 spiro atoms. The Morgan fingerprint density at radius 2 is 1.71 bits per heavy atom. The van der Waals surface area contributed by atoms with Gasteiger partial charge in [0.25, 0.3) is 0 Å². The molecule has 0 saturated heterocycles. The summed E-state index contributed by atoms with van der Waals surface area (Å²) in [4.78, 5) is 10.9. The van der Waals surface area contributed by atoms with Crippen LogP contribution in [0.2, 0.25) is 0 Å². The van der Waals surface area contributed by atoms with Gasteiger partial charge in [0, 0.05) is 36.6 Å². The maximum atomic E-state index is 13.7. The summed E-state index contributed by atoms with van der Waals surface area (Å²) in [5.74, 6) is 1.04. The zero-order chi connectivity index (χ0) is 16.9. The molecule has 0 aliphatic carbocycles. The molecular formula is C19H19FN4. The summed E-state index contributed by atoms with van der Waals surface area (Å²) in [5.41, 5.74) is 2.45. The van der Waals surface area contributed by atoms with Crippen LogP contribution in [-0.2, 0) is 6.54 Å². The Morgan fingerprint density at radius 3 is 2.46 bits per heavy atom. The topological polar surface area (TPSA) is 41.1 Å². The lowest BCUT2D eigenvalue weighted by molar-refractivity contribution is 0.613. The normalized spacial score (nSPS) is 10.5. The third kappa shape index (κ3) is 3.68. The van der Waals surface area contributed by atoms with Gasteiger partial charge in [-0.3, -0.25) is 0 Å². The Morgan fingerprint density at radius 1 is 1.00 bits per heavy atom. The molecule has 3 rings (SSSR count). The Hall–Kier alpha value is -2.95. The molecule has 0 unspecified atom stereocenters. The van der Waals surface area contributed by atoms with Crippen molar-refractivity contribution in [3.63, 3.8) is 0 Å². The van der Waals surface area contributed by atoms with E-state index in [2.05, 4.69) is 15.3 Å². The van der Waals surface area contributed by atoms with E-state index in [0.717, 1.165) is 11.4 Å².